The van der Waals surface area contributed by atoms with Crippen LogP contribution in [0.15, 0.2) is 60.7 Å². The molecule has 2 aromatic rings. The van der Waals surface area contributed by atoms with Gasteiger partial charge in [-0.25, -0.2) is 0 Å². The lowest BCUT2D eigenvalue weighted by atomic mass is 10.1. The van der Waals surface area contributed by atoms with Crippen molar-refractivity contribution in [2.24, 2.45) is 5.92 Å². The Morgan fingerprint density at radius 1 is 1.00 bits per heavy atom. The molecule has 2 aromatic carbocycles. The molecule has 25 heavy (non-hydrogen) atoms. The maximum atomic E-state index is 11.2. The van der Waals surface area contributed by atoms with Crippen LogP contribution in [-0.4, -0.2) is 54.1 Å². The number of likely N-dealkylation sites (N-methyl/N-ethyl adjacent to an activating group) is 1. The Morgan fingerprint density at radius 2 is 1.60 bits per heavy atom. The highest BCUT2D eigenvalue weighted by atomic mass is 16.4. The van der Waals surface area contributed by atoms with Gasteiger partial charge in [-0.2, -0.15) is 0 Å². The molecule has 0 bridgehead atoms. The van der Waals surface area contributed by atoms with E-state index in [4.69, 9.17) is 0 Å². The summed E-state index contributed by atoms with van der Waals surface area (Å²) >= 11 is 0. The third kappa shape index (κ3) is 7.08. The van der Waals surface area contributed by atoms with Crippen molar-refractivity contribution in [1.82, 2.24) is 9.80 Å². The maximum absolute atomic E-state index is 11.2. The molecule has 134 valence electrons. The van der Waals surface area contributed by atoms with E-state index in [1.165, 1.54) is 11.1 Å². The molecular weight excluding hydrogens is 312 g/mol. The monoisotopic (exact) mass is 340 g/mol. The standard InChI is InChI=1S/C14H20N2O2.C7H8/c1-15-7-8-16(11-13(10-15)14(17)18)9-12-5-3-2-4-6-12;1-7-5-3-2-4-6-7/h2-6,13H,7-11H2,1H3,(H,17,18);2-6H,1H3. The SMILES string of the molecule is CN1CCN(Cc2ccccc2)CC(C(=O)O)C1.Cc1ccccc1. The summed E-state index contributed by atoms with van der Waals surface area (Å²) in [6.07, 6.45) is 0. The number of carboxylic acids is 1. The average molecular weight is 340 g/mol. The van der Waals surface area contributed by atoms with Crippen LogP contribution in [0.1, 0.15) is 11.1 Å². The summed E-state index contributed by atoms with van der Waals surface area (Å²) in [6, 6.07) is 20.5. The van der Waals surface area contributed by atoms with E-state index in [0.29, 0.717) is 13.1 Å². The molecule has 1 N–H and O–H groups in total. The molecule has 0 aliphatic carbocycles. The molecule has 1 atom stereocenters. The number of aryl methyl sites for hydroxylation is 1. The number of aliphatic carboxylic acids is 1. The van der Waals surface area contributed by atoms with Crippen LogP contribution in [0, 0.1) is 12.8 Å². The van der Waals surface area contributed by atoms with Crippen molar-refractivity contribution in [3.63, 3.8) is 0 Å². The van der Waals surface area contributed by atoms with Crippen molar-refractivity contribution in [3.8, 4) is 0 Å². The van der Waals surface area contributed by atoms with E-state index in [1.54, 1.807) is 0 Å². The van der Waals surface area contributed by atoms with E-state index in [0.717, 1.165) is 19.6 Å². The number of carboxylic acid groups (broad SMARTS) is 1. The van der Waals surface area contributed by atoms with E-state index in [1.807, 2.05) is 43.4 Å². The van der Waals surface area contributed by atoms with Crippen molar-refractivity contribution in [1.29, 1.82) is 0 Å². The molecule has 1 aliphatic rings. The van der Waals surface area contributed by atoms with Gasteiger partial charge in [0.15, 0.2) is 0 Å². The molecule has 4 heteroatoms. The van der Waals surface area contributed by atoms with Crippen molar-refractivity contribution >= 4 is 5.97 Å². The van der Waals surface area contributed by atoms with Gasteiger partial charge in [0, 0.05) is 32.7 Å². The summed E-state index contributed by atoms with van der Waals surface area (Å²) in [6.45, 7) is 6.04. The Morgan fingerprint density at radius 3 is 2.12 bits per heavy atom. The summed E-state index contributed by atoms with van der Waals surface area (Å²) in [5.74, 6) is -0.983. The first kappa shape index (κ1) is 19.2. The molecule has 0 radical (unpaired) electrons. The number of hydrogen-bond acceptors (Lipinski definition) is 3. The Kier molecular flexibility index (Phi) is 7.64. The topological polar surface area (TPSA) is 43.8 Å². The highest BCUT2D eigenvalue weighted by molar-refractivity contribution is 5.70. The van der Waals surface area contributed by atoms with Crippen LogP contribution in [0.4, 0.5) is 0 Å². The number of carbonyl (C=O) groups is 1. The molecule has 0 amide bonds. The van der Waals surface area contributed by atoms with E-state index >= 15 is 0 Å². The third-order valence-electron chi connectivity index (χ3n) is 4.35. The van der Waals surface area contributed by atoms with Crippen molar-refractivity contribution in [2.75, 3.05) is 33.2 Å². The van der Waals surface area contributed by atoms with Gasteiger partial charge in [0.2, 0.25) is 0 Å². The molecule has 0 aromatic heterocycles. The van der Waals surface area contributed by atoms with Gasteiger partial charge in [0.1, 0.15) is 0 Å². The lowest BCUT2D eigenvalue weighted by molar-refractivity contribution is -0.142. The van der Waals surface area contributed by atoms with Crippen molar-refractivity contribution in [2.45, 2.75) is 13.5 Å². The van der Waals surface area contributed by atoms with Gasteiger partial charge < -0.3 is 10.0 Å². The zero-order valence-electron chi connectivity index (χ0n) is 15.1. The van der Waals surface area contributed by atoms with E-state index < -0.39 is 5.97 Å². The van der Waals surface area contributed by atoms with E-state index in [-0.39, 0.29) is 5.92 Å². The number of hydrogen-bond donors (Lipinski definition) is 1. The summed E-state index contributed by atoms with van der Waals surface area (Å²) in [7, 11) is 1.99. The van der Waals surface area contributed by atoms with Gasteiger partial charge in [-0.05, 0) is 19.5 Å². The zero-order chi connectivity index (χ0) is 18.1. The first-order valence-corrected chi connectivity index (χ1v) is 8.74. The van der Waals surface area contributed by atoms with Crippen LogP contribution in [0.25, 0.3) is 0 Å². The van der Waals surface area contributed by atoms with Gasteiger partial charge in [0.05, 0.1) is 5.92 Å². The van der Waals surface area contributed by atoms with Crippen LogP contribution in [0.3, 0.4) is 0 Å². The molecule has 0 saturated carbocycles. The lowest BCUT2D eigenvalue weighted by Crippen LogP contribution is -2.33. The van der Waals surface area contributed by atoms with Gasteiger partial charge >= 0.3 is 5.97 Å². The molecule has 1 unspecified atom stereocenters. The molecule has 1 saturated heterocycles. The highest BCUT2D eigenvalue weighted by Crippen LogP contribution is 2.12. The lowest BCUT2D eigenvalue weighted by Gasteiger charge is -2.21. The fourth-order valence-electron chi connectivity index (χ4n) is 2.92. The summed E-state index contributed by atoms with van der Waals surface area (Å²) in [5.41, 5.74) is 2.56. The van der Waals surface area contributed by atoms with Crippen LogP contribution in [0.5, 0.6) is 0 Å². The molecule has 0 spiro atoms. The fraction of sp³-hybridized carbons (Fsp3) is 0.381. The molecular formula is C21H28N2O2. The highest BCUT2D eigenvalue weighted by Gasteiger charge is 2.25. The number of benzene rings is 2. The average Bonchev–Trinajstić information content (AvgIpc) is 2.79. The van der Waals surface area contributed by atoms with Gasteiger partial charge in [-0.1, -0.05) is 66.2 Å². The van der Waals surface area contributed by atoms with Gasteiger partial charge in [-0.3, -0.25) is 9.69 Å². The Labute approximate surface area is 150 Å². The second-order valence-electron chi connectivity index (χ2n) is 6.67. The van der Waals surface area contributed by atoms with E-state index in [2.05, 4.69) is 41.0 Å². The largest absolute Gasteiger partial charge is 0.481 e. The predicted octanol–water partition coefficient (Wildman–Crippen LogP) is 3.13. The second kappa shape index (κ2) is 9.97. The van der Waals surface area contributed by atoms with Crippen molar-refractivity contribution < 1.29 is 9.90 Å². The van der Waals surface area contributed by atoms with Crippen molar-refractivity contribution in [3.05, 3.63) is 71.8 Å². The normalized spacial score (nSPS) is 18.7. The minimum Gasteiger partial charge on any atom is -0.481 e. The van der Waals surface area contributed by atoms with Crippen LogP contribution in [0.2, 0.25) is 0 Å². The quantitative estimate of drug-likeness (QED) is 0.932. The van der Waals surface area contributed by atoms with E-state index in [9.17, 15) is 9.90 Å². The summed E-state index contributed by atoms with van der Waals surface area (Å²) in [5, 5.41) is 9.21. The van der Waals surface area contributed by atoms with Gasteiger partial charge in [0.25, 0.3) is 0 Å². The molecule has 1 heterocycles. The van der Waals surface area contributed by atoms with Crippen LogP contribution < -0.4 is 0 Å². The predicted molar refractivity (Wildman–Crippen MR) is 102 cm³/mol. The molecule has 1 aliphatic heterocycles. The fourth-order valence-corrected chi connectivity index (χ4v) is 2.92. The maximum Gasteiger partial charge on any atom is 0.309 e. The molecule has 4 nitrogen and oxygen atoms in total. The number of nitrogens with zero attached hydrogens (tertiary/aromatic N) is 2. The third-order valence-corrected chi connectivity index (χ3v) is 4.35. The van der Waals surface area contributed by atoms with Gasteiger partial charge in [-0.15, -0.1) is 0 Å². The zero-order valence-corrected chi connectivity index (χ0v) is 15.1. The minimum absolute atomic E-state index is 0.291. The summed E-state index contributed by atoms with van der Waals surface area (Å²) in [4.78, 5) is 15.5. The number of rotatable bonds is 3. The minimum atomic E-state index is -0.693. The Hall–Kier alpha value is -2.17. The smallest absolute Gasteiger partial charge is 0.309 e. The Balaban J connectivity index is 0.000000269. The van der Waals surface area contributed by atoms with Crippen LogP contribution >= 0.6 is 0 Å². The molecule has 1 fully saturated rings. The first-order valence-electron chi connectivity index (χ1n) is 8.74. The van der Waals surface area contributed by atoms with Crippen LogP contribution in [-0.2, 0) is 11.3 Å². The first-order chi connectivity index (χ1) is 12.0. The summed E-state index contributed by atoms with van der Waals surface area (Å²) < 4.78 is 0. The Bertz CT molecular complexity index is 631. The molecule has 3 rings (SSSR count). The second-order valence-corrected chi connectivity index (χ2v) is 6.67.